The highest BCUT2D eigenvalue weighted by Gasteiger charge is 2.33. The molecule has 1 unspecified atom stereocenters. The molecule has 2 aromatic rings. The number of aromatic nitrogens is 3. The first kappa shape index (κ1) is 17.6. The number of ether oxygens (including phenoxy) is 1. The van der Waals surface area contributed by atoms with Gasteiger partial charge in [-0.05, 0) is 18.8 Å². The third kappa shape index (κ3) is 3.89. The zero-order valence-corrected chi connectivity index (χ0v) is 14.9. The minimum atomic E-state index is -0.225. The topological polar surface area (TPSA) is 94.5 Å². The highest BCUT2D eigenvalue weighted by atomic mass is 16.5. The predicted molar refractivity (Wildman–Crippen MR) is 87.8 cm³/mol. The van der Waals surface area contributed by atoms with Gasteiger partial charge in [0.25, 0.3) is 11.8 Å². The van der Waals surface area contributed by atoms with E-state index in [0.29, 0.717) is 18.3 Å². The fourth-order valence-corrected chi connectivity index (χ4v) is 3.01. The van der Waals surface area contributed by atoms with E-state index in [1.54, 1.807) is 18.1 Å². The molecule has 1 amide bonds. The Hall–Kier alpha value is -2.22. The highest BCUT2D eigenvalue weighted by Crippen LogP contribution is 2.30. The van der Waals surface area contributed by atoms with E-state index in [2.05, 4.69) is 15.3 Å². The molecule has 3 heterocycles. The number of hydrogen-bond acceptors (Lipinski definition) is 7. The third-order valence-electron chi connectivity index (χ3n) is 4.39. The van der Waals surface area contributed by atoms with Gasteiger partial charge in [0.2, 0.25) is 5.76 Å². The highest BCUT2D eigenvalue weighted by molar-refractivity contribution is 5.91. The minimum absolute atomic E-state index is 0.176. The molecule has 0 aliphatic carbocycles. The average Bonchev–Trinajstić information content (AvgIpc) is 3.19. The van der Waals surface area contributed by atoms with Crippen LogP contribution in [0.3, 0.4) is 0 Å². The van der Waals surface area contributed by atoms with Crippen molar-refractivity contribution in [2.24, 2.45) is 0 Å². The molecule has 136 valence electrons. The summed E-state index contributed by atoms with van der Waals surface area (Å²) in [5.41, 5.74) is 0.775. The number of methoxy groups -OCH3 is 1. The van der Waals surface area contributed by atoms with Crippen molar-refractivity contribution in [3.05, 3.63) is 29.2 Å². The van der Waals surface area contributed by atoms with Crippen LogP contribution in [0.5, 0.6) is 0 Å². The Kier molecular flexibility index (Phi) is 5.47. The minimum Gasteiger partial charge on any atom is -0.375 e. The maximum atomic E-state index is 13.0. The van der Waals surface area contributed by atoms with Crippen LogP contribution in [-0.4, -0.2) is 39.8 Å². The Morgan fingerprint density at radius 2 is 2.16 bits per heavy atom. The number of nitrogens with zero attached hydrogens (tertiary/aromatic N) is 4. The molecule has 3 rings (SSSR count). The van der Waals surface area contributed by atoms with Gasteiger partial charge in [-0.25, -0.2) is 0 Å². The van der Waals surface area contributed by atoms with Gasteiger partial charge in [0.15, 0.2) is 5.82 Å². The zero-order valence-electron chi connectivity index (χ0n) is 14.9. The van der Waals surface area contributed by atoms with Crippen LogP contribution >= 0.6 is 0 Å². The predicted octanol–water partition coefficient (Wildman–Crippen LogP) is 3.08. The second-order valence-electron chi connectivity index (χ2n) is 6.61. The van der Waals surface area contributed by atoms with Crippen molar-refractivity contribution >= 4 is 5.91 Å². The number of hydrogen-bond donors (Lipinski definition) is 0. The molecule has 0 radical (unpaired) electrons. The van der Waals surface area contributed by atoms with Crippen LogP contribution in [0.15, 0.2) is 15.1 Å². The van der Waals surface area contributed by atoms with Crippen molar-refractivity contribution in [1.82, 2.24) is 20.2 Å². The SMILES string of the molecule is COCc1nc(C2CCCCCN2C(=O)c2cc(C(C)C)no2)no1. The number of carbonyl (C=O) groups is 1. The van der Waals surface area contributed by atoms with E-state index in [1.165, 1.54) is 0 Å². The summed E-state index contributed by atoms with van der Waals surface area (Å²) in [4.78, 5) is 19.1. The Bertz CT molecular complexity index is 709. The molecule has 0 saturated carbocycles. The summed E-state index contributed by atoms with van der Waals surface area (Å²) < 4.78 is 15.5. The van der Waals surface area contributed by atoms with Gasteiger partial charge in [-0.3, -0.25) is 4.79 Å². The monoisotopic (exact) mass is 348 g/mol. The number of likely N-dealkylation sites (tertiary alicyclic amines) is 1. The quantitative estimate of drug-likeness (QED) is 0.819. The first-order valence-electron chi connectivity index (χ1n) is 8.69. The molecular weight excluding hydrogens is 324 g/mol. The molecule has 0 spiro atoms. The fraction of sp³-hybridized carbons (Fsp3) is 0.647. The lowest BCUT2D eigenvalue weighted by Gasteiger charge is -2.26. The fourth-order valence-electron chi connectivity index (χ4n) is 3.01. The van der Waals surface area contributed by atoms with Gasteiger partial charge in [-0.15, -0.1) is 0 Å². The second kappa shape index (κ2) is 7.77. The Labute approximate surface area is 146 Å². The van der Waals surface area contributed by atoms with Crippen LogP contribution in [0.25, 0.3) is 0 Å². The lowest BCUT2D eigenvalue weighted by molar-refractivity contribution is 0.0627. The van der Waals surface area contributed by atoms with Crippen LogP contribution in [0.2, 0.25) is 0 Å². The van der Waals surface area contributed by atoms with E-state index in [-0.39, 0.29) is 30.2 Å². The van der Waals surface area contributed by atoms with Crippen molar-refractivity contribution in [3.63, 3.8) is 0 Å². The zero-order chi connectivity index (χ0) is 17.8. The van der Waals surface area contributed by atoms with Crippen LogP contribution in [-0.2, 0) is 11.3 Å². The van der Waals surface area contributed by atoms with Gasteiger partial charge >= 0.3 is 0 Å². The summed E-state index contributed by atoms with van der Waals surface area (Å²) in [6.45, 7) is 4.91. The maximum Gasteiger partial charge on any atom is 0.293 e. The molecule has 8 nitrogen and oxygen atoms in total. The second-order valence-corrected chi connectivity index (χ2v) is 6.61. The van der Waals surface area contributed by atoms with E-state index >= 15 is 0 Å². The van der Waals surface area contributed by atoms with Crippen LogP contribution < -0.4 is 0 Å². The summed E-state index contributed by atoms with van der Waals surface area (Å²) in [5, 5.41) is 8.05. The van der Waals surface area contributed by atoms with Crippen LogP contribution in [0.1, 0.15) is 79.5 Å². The average molecular weight is 348 g/mol. The molecule has 1 saturated heterocycles. The molecule has 8 heteroatoms. The van der Waals surface area contributed by atoms with Gasteiger partial charge in [-0.1, -0.05) is 37.0 Å². The van der Waals surface area contributed by atoms with Crippen molar-refractivity contribution < 1.29 is 18.6 Å². The van der Waals surface area contributed by atoms with Crippen molar-refractivity contribution in [3.8, 4) is 0 Å². The summed E-state index contributed by atoms with van der Waals surface area (Å²) in [7, 11) is 1.57. The Balaban J connectivity index is 1.84. The molecule has 0 N–H and O–H groups in total. The van der Waals surface area contributed by atoms with Gasteiger partial charge in [0.1, 0.15) is 6.61 Å². The molecular formula is C17H24N4O4. The molecule has 1 fully saturated rings. The molecule has 1 aliphatic heterocycles. The summed E-state index contributed by atoms with van der Waals surface area (Å²) in [6.07, 6.45) is 3.81. The van der Waals surface area contributed by atoms with E-state index < -0.39 is 0 Å². The van der Waals surface area contributed by atoms with Gasteiger partial charge in [0, 0.05) is 19.7 Å². The molecule has 0 bridgehead atoms. The lowest BCUT2D eigenvalue weighted by Crippen LogP contribution is -2.35. The molecule has 0 aromatic carbocycles. The largest absolute Gasteiger partial charge is 0.375 e. The lowest BCUT2D eigenvalue weighted by atomic mass is 10.1. The van der Waals surface area contributed by atoms with Gasteiger partial charge in [-0.2, -0.15) is 4.98 Å². The molecule has 2 aromatic heterocycles. The first-order valence-corrected chi connectivity index (χ1v) is 8.69. The van der Waals surface area contributed by atoms with E-state index in [1.807, 2.05) is 13.8 Å². The summed E-state index contributed by atoms with van der Waals surface area (Å²) in [6, 6.07) is 1.50. The number of carbonyl (C=O) groups excluding carboxylic acids is 1. The number of rotatable bonds is 5. The Morgan fingerprint density at radius 3 is 2.88 bits per heavy atom. The van der Waals surface area contributed by atoms with Crippen LogP contribution in [0.4, 0.5) is 0 Å². The summed E-state index contributed by atoms with van der Waals surface area (Å²) >= 11 is 0. The number of amides is 1. The van der Waals surface area contributed by atoms with Gasteiger partial charge in [0.05, 0.1) is 11.7 Å². The Morgan fingerprint density at radius 1 is 1.32 bits per heavy atom. The van der Waals surface area contributed by atoms with Crippen molar-refractivity contribution in [2.75, 3.05) is 13.7 Å². The van der Waals surface area contributed by atoms with E-state index in [0.717, 1.165) is 31.4 Å². The molecule has 25 heavy (non-hydrogen) atoms. The summed E-state index contributed by atoms with van der Waals surface area (Å²) in [5.74, 6) is 1.22. The first-order chi connectivity index (χ1) is 12.1. The third-order valence-corrected chi connectivity index (χ3v) is 4.39. The van der Waals surface area contributed by atoms with Crippen molar-refractivity contribution in [2.45, 2.75) is 58.1 Å². The van der Waals surface area contributed by atoms with E-state index in [4.69, 9.17) is 13.8 Å². The van der Waals surface area contributed by atoms with Crippen LogP contribution in [0, 0.1) is 0 Å². The normalized spacial score (nSPS) is 18.6. The standard InChI is InChI=1S/C17H24N4O4/c1-11(2)12-9-14(24-19-12)17(22)21-8-6-4-5-7-13(21)16-18-15(10-23-3)25-20-16/h9,11,13H,4-8,10H2,1-3H3. The maximum absolute atomic E-state index is 13.0. The van der Waals surface area contributed by atoms with E-state index in [9.17, 15) is 4.79 Å². The van der Waals surface area contributed by atoms with Crippen molar-refractivity contribution in [1.29, 1.82) is 0 Å². The molecule has 1 atom stereocenters. The smallest absolute Gasteiger partial charge is 0.293 e. The molecule has 1 aliphatic rings. The van der Waals surface area contributed by atoms with Gasteiger partial charge < -0.3 is 18.7 Å².